The van der Waals surface area contributed by atoms with Crippen LogP contribution in [0.15, 0.2) is 0 Å². The molecule has 15 heavy (non-hydrogen) atoms. The highest BCUT2D eigenvalue weighted by molar-refractivity contribution is 5.77. The summed E-state index contributed by atoms with van der Waals surface area (Å²) < 4.78 is 10.5. The topological polar surface area (TPSA) is 61.5 Å². The molecule has 0 saturated carbocycles. The van der Waals surface area contributed by atoms with Gasteiger partial charge in [-0.3, -0.25) is 4.79 Å². The average Bonchev–Trinajstić information content (AvgIpc) is 2.30. The van der Waals surface area contributed by atoms with Crippen molar-refractivity contribution in [2.75, 3.05) is 26.4 Å². The van der Waals surface area contributed by atoms with Crippen molar-refractivity contribution >= 4 is 5.97 Å². The second kappa shape index (κ2) is 6.08. The largest absolute Gasteiger partial charge is 0.465 e. The fourth-order valence-corrected chi connectivity index (χ4v) is 1.72. The third kappa shape index (κ3) is 3.18. The van der Waals surface area contributed by atoms with E-state index in [1.54, 1.807) is 0 Å². The zero-order valence-electron chi connectivity index (χ0n) is 9.46. The molecule has 1 rings (SSSR count). The van der Waals surface area contributed by atoms with Gasteiger partial charge in [-0.05, 0) is 19.3 Å². The van der Waals surface area contributed by atoms with E-state index >= 15 is 0 Å². The predicted octanol–water partition coefficient (Wildman–Crippen LogP) is 1.09. The van der Waals surface area contributed by atoms with Gasteiger partial charge in [-0.2, -0.15) is 0 Å². The molecule has 1 fully saturated rings. The van der Waals surface area contributed by atoms with Crippen LogP contribution in [0.25, 0.3) is 0 Å². The zero-order chi connectivity index (χ0) is 11.1. The van der Waals surface area contributed by atoms with E-state index in [1.807, 2.05) is 0 Å². The first-order valence-corrected chi connectivity index (χ1v) is 5.70. The number of carbonyl (C=O) groups excluding carboxylic acids is 1. The van der Waals surface area contributed by atoms with Crippen LogP contribution < -0.4 is 5.73 Å². The van der Waals surface area contributed by atoms with Gasteiger partial charge in [-0.15, -0.1) is 0 Å². The Labute approximate surface area is 91.1 Å². The molecule has 0 aromatic rings. The SMILES string of the molecule is CCCCOC(=O)C1(CN)CCOCC1. The van der Waals surface area contributed by atoms with Crippen LogP contribution in [0.2, 0.25) is 0 Å². The maximum absolute atomic E-state index is 11.9. The molecule has 0 aromatic heterocycles. The average molecular weight is 215 g/mol. The Bertz CT molecular complexity index is 200. The number of nitrogens with two attached hydrogens (primary N) is 1. The van der Waals surface area contributed by atoms with Gasteiger partial charge >= 0.3 is 5.97 Å². The van der Waals surface area contributed by atoms with Gasteiger partial charge in [0.25, 0.3) is 0 Å². The van der Waals surface area contributed by atoms with E-state index in [1.165, 1.54) is 0 Å². The first-order valence-electron chi connectivity index (χ1n) is 5.70. The normalized spacial score (nSPS) is 19.9. The molecular weight excluding hydrogens is 194 g/mol. The van der Waals surface area contributed by atoms with Crippen molar-refractivity contribution in [2.45, 2.75) is 32.6 Å². The van der Waals surface area contributed by atoms with Crippen molar-refractivity contribution in [2.24, 2.45) is 11.1 Å². The second-order valence-corrected chi connectivity index (χ2v) is 4.09. The van der Waals surface area contributed by atoms with E-state index in [0.717, 1.165) is 12.8 Å². The summed E-state index contributed by atoms with van der Waals surface area (Å²) in [6.07, 6.45) is 3.33. The van der Waals surface area contributed by atoms with Crippen LogP contribution in [0.5, 0.6) is 0 Å². The Hall–Kier alpha value is -0.610. The standard InChI is InChI=1S/C11H21NO3/c1-2-3-6-15-10(13)11(9-12)4-7-14-8-5-11/h2-9,12H2,1H3. The van der Waals surface area contributed by atoms with Crippen molar-refractivity contribution < 1.29 is 14.3 Å². The molecule has 88 valence electrons. The summed E-state index contributed by atoms with van der Waals surface area (Å²) in [6, 6.07) is 0. The molecule has 4 nitrogen and oxygen atoms in total. The van der Waals surface area contributed by atoms with E-state index < -0.39 is 5.41 Å². The van der Waals surface area contributed by atoms with Gasteiger partial charge in [-0.1, -0.05) is 13.3 Å². The van der Waals surface area contributed by atoms with E-state index in [4.69, 9.17) is 15.2 Å². The lowest BCUT2D eigenvalue weighted by Gasteiger charge is -2.33. The van der Waals surface area contributed by atoms with Crippen LogP contribution in [-0.4, -0.2) is 32.3 Å². The maximum atomic E-state index is 11.9. The summed E-state index contributed by atoms with van der Waals surface area (Å²) in [7, 11) is 0. The monoisotopic (exact) mass is 215 g/mol. The Morgan fingerprint density at radius 1 is 1.47 bits per heavy atom. The first-order chi connectivity index (χ1) is 7.25. The van der Waals surface area contributed by atoms with Gasteiger partial charge in [0.15, 0.2) is 0 Å². The van der Waals surface area contributed by atoms with Crippen molar-refractivity contribution in [3.8, 4) is 0 Å². The number of carbonyl (C=O) groups is 1. The number of unbranched alkanes of at least 4 members (excludes halogenated alkanes) is 1. The molecule has 1 aliphatic rings. The number of rotatable bonds is 5. The third-order valence-corrected chi connectivity index (χ3v) is 3.00. The summed E-state index contributed by atoms with van der Waals surface area (Å²) in [4.78, 5) is 11.9. The summed E-state index contributed by atoms with van der Waals surface area (Å²) in [5.41, 5.74) is 5.21. The van der Waals surface area contributed by atoms with Gasteiger partial charge in [-0.25, -0.2) is 0 Å². The molecule has 0 radical (unpaired) electrons. The summed E-state index contributed by atoms with van der Waals surface area (Å²) in [5, 5.41) is 0. The van der Waals surface area contributed by atoms with Crippen LogP contribution in [0.1, 0.15) is 32.6 Å². The van der Waals surface area contributed by atoms with Gasteiger partial charge in [0, 0.05) is 19.8 Å². The fraction of sp³-hybridized carbons (Fsp3) is 0.909. The smallest absolute Gasteiger partial charge is 0.313 e. The fourth-order valence-electron chi connectivity index (χ4n) is 1.72. The lowest BCUT2D eigenvalue weighted by Crippen LogP contribution is -2.44. The number of hydrogen-bond donors (Lipinski definition) is 1. The molecule has 0 atom stereocenters. The predicted molar refractivity (Wildman–Crippen MR) is 57.4 cm³/mol. The van der Waals surface area contributed by atoms with Crippen LogP contribution in [0.3, 0.4) is 0 Å². The molecule has 2 N–H and O–H groups in total. The summed E-state index contributed by atoms with van der Waals surface area (Å²) >= 11 is 0. The minimum absolute atomic E-state index is 0.137. The van der Waals surface area contributed by atoms with E-state index in [0.29, 0.717) is 39.2 Å². The molecular formula is C11H21NO3. The van der Waals surface area contributed by atoms with Crippen LogP contribution >= 0.6 is 0 Å². The molecule has 0 unspecified atom stereocenters. The van der Waals surface area contributed by atoms with Gasteiger partial charge in [0.05, 0.1) is 12.0 Å². The second-order valence-electron chi connectivity index (χ2n) is 4.09. The lowest BCUT2D eigenvalue weighted by molar-refractivity contribution is -0.161. The molecule has 1 saturated heterocycles. The maximum Gasteiger partial charge on any atom is 0.313 e. The minimum Gasteiger partial charge on any atom is -0.465 e. The van der Waals surface area contributed by atoms with Gasteiger partial charge in [0.2, 0.25) is 0 Å². The molecule has 0 aromatic carbocycles. The Morgan fingerprint density at radius 2 is 2.13 bits per heavy atom. The number of hydrogen-bond acceptors (Lipinski definition) is 4. The van der Waals surface area contributed by atoms with E-state index in [2.05, 4.69) is 6.92 Å². The Kier molecular flexibility index (Phi) is 5.05. The quantitative estimate of drug-likeness (QED) is 0.551. The molecule has 0 spiro atoms. The molecule has 0 bridgehead atoms. The molecule has 0 aliphatic carbocycles. The first kappa shape index (κ1) is 12.5. The van der Waals surface area contributed by atoms with Crippen molar-refractivity contribution in [3.63, 3.8) is 0 Å². The Balaban J connectivity index is 2.45. The van der Waals surface area contributed by atoms with E-state index in [-0.39, 0.29) is 5.97 Å². The summed E-state index contributed by atoms with van der Waals surface area (Å²) in [5.74, 6) is -0.137. The Morgan fingerprint density at radius 3 is 2.67 bits per heavy atom. The highest BCUT2D eigenvalue weighted by Crippen LogP contribution is 2.30. The summed E-state index contributed by atoms with van der Waals surface area (Å²) in [6.45, 7) is 4.17. The van der Waals surface area contributed by atoms with Gasteiger partial charge in [0.1, 0.15) is 0 Å². The van der Waals surface area contributed by atoms with Crippen molar-refractivity contribution in [1.29, 1.82) is 0 Å². The van der Waals surface area contributed by atoms with Crippen molar-refractivity contribution in [3.05, 3.63) is 0 Å². The van der Waals surface area contributed by atoms with Crippen LogP contribution in [0.4, 0.5) is 0 Å². The third-order valence-electron chi connectivity index (χ3n) is 3.00. The molecule has 1 aliphatic heterocycles. The lowest BCUT2D eigenvalue weighted by atomic mass is 9.80. The minimum atomic E-state index is -0.480. The van der Waals surface area contributed by atoms with E-state index in [9.17, 15) is 4.79 Å². The highest BCUT2D eigenvalue weighted by Gasteiger charge is 2.40. The number of esters is 1. The van der Waals surface area contributed by atoms with Crippen molar-refractivity contribution in [1.82, 2.24) is 0 Å². The molecule has 1 heterocycles. The highest BCUT2D eigenvalue weighted by atomic mass is 16.5. The molecule has 4 heteroatoms. The molecule has 0 amide bonds. The number of ether oxygens (including phenoxy) is 2. The zero-order valence-corrected chi connectivity index (χ0v) is 9.46. The van der Waals surface area contributed by atoms with Crippen LogP contribution in [-0.2, 0) is 14.3 Å². The van der Waals surface area contributed by atoms with Gasteiger partial charge < -0.3 is 15.2 Å². The van der Waals surface area contributed by atoms with Crippen LogP contribution in [0, 0.1) is 5.41 Å².